The van der Waals surface area contributed by atoms with Crippen molar-refractivity contribution >= 4 is 0 Å². The van der Waals surface area contributed by atoms with E-state index in [-0.39, 0.29) is 6.04 Å². The van der Waals surface area contributed by atoms with E-state index in [1.54, 1.807) is 0 Å². The van der Waals surface area contributed by atoms with Crippen LogP contribution >= 0.6 is 0 Å². The lowest BCUT2D eigenvalue weighted by Crippen LogP contribution is -2.38. The topological polar surface area (TPSA) is 26.1 Å². The van der Waals surface area contributed by atoms with Gasteiger partial charge in [0.2, 0.25) is 0 Å². The van der Waals surface area contributed by atoms with Gasteiger partial charge in [-0.05, 0) is 17.7 Å². The summed E-state index contributed by atoms with van der Waals surface area (Å²) >= 11 is 0. The largest absolute Gasteiger partial charge is 0.416 e. The van der Waals surface area contributed by atoms with Crippen LogP contribution in [0.15, 0.2) is 24.3 Å². The molecule has 2 nitrogen and oxygen atoms in total. The monoisotopic (exact) mass is 229 g/mol. The van der Waals surface area contributed by atoms with Crippen LogP contribution in [0.1, 0.15) is 17.2 Å². The molecule has 0 bridgehead atoms. The minimum absolute atomic E-state index is 0.0176. The van der Waals surface area contributed by atoms with Gasteiger partial charge in [-0.15, -0.1) is 0 Å². The van der Waals surface area contributed by atoms with Crippen LogP contribution < -0.4 is 10.6 Å². The van der Waals surface area contributed by atoms with Gasteiger partial charge in [-0.3, -0.25) is 0 Å². The van der Waals surface area contributed by atoms with Crippen molar-refractivity contribution in [2.24, 2.45) is 0 Å². The van der Waals surface area contributed by atoms with E-state index in [0.29, 0.717) is 13.1 Å². The normalized spacial score (nSPS) is 22.1. The molecule has 1 saturated heterocycles. The fourth-order valence-corrected chi connectivity index (χ4v) is 1.72. The molecule has 16 heavy (non-hydrogen) atoms. The zero-order valence-corrected chi connectivity index (χ0v) is 8.59. The highest BCUT2D eigenvalue weighted by molar-refractivity contribution is 5.27. The second kappa shape index (κ2) is 4.43. The second-order valence-electron chi connectivity index (χ2n) is 3.75. The summed E-state index contributed by atoms with van der Waals surface area (Å²) in [5.74, 6) is 0. The molecule has 0 aliphatic carbocycles. The molecule has 1 aromatic rings. The van der Waals surface area contributed by atoms with Gasteiger partial charge < -0.3 is 5.32 Å². The van der Waals surface area contributed by atoms with Crippen molar-refractivity contribution in [2.45, 2.75) is 12.2 Å². The lowest BCUT2D eigenvalue weighted by molar-refractivity contribution is -0.137. The van der Waals surface area contributed by atoms with Gasteiger partial charge in [0.15, 0.2) is 0 Å². The van der Waals surface area contributed by atoms with Crippen LogP contribution in [0.5, 0.6) is 0 Å². The Morgan fingerprint density at radius 3 is 2.38 bits per heavy atom. The van der Waals surface area contributed by atoms with Crippen molar-refractivity contribution in [3.8, 4) is 0 Å². The quantitative estimate of drug-likeness (QED) is 0.782. The molecule has 1 unspecified atom stereocenters. The Bertz CT molecular complexity index is 339. The van der Waals surface area contributed by atoms with E-state index in [4.69, 9.17) is 0 Å². The number of nitrogens with zero attached hydrogens (tertiary/aromatic N) is 1. The zero-order chi connectivity index (χ0) is 11.6. The highest BCUT2D eigenvalue weighted by Gasteiger charge is 2.30. The minimum atomic E-state index is -4.26. The van der Waals surface area contributed by atoms with Gasteiger partial charge >= 0.3 is 6.18 Å². The van der Waals surface area contributed by atoms with Crippen LogP contribution in [0, 0.1) is 0 Å². The Labute approximate surface area is 91.8 Å². The average molecular weight is 229 g/mol. The van der Waals surface area contributed by atoms with Crippen LogP contribution in [0.2, 0.25) is 0 Å². The Hall–Kier alpha value is -1.07. The van der Waals surface area contributed by atoms with E-state index in [0.717, 1.165) is 24.2 Å². The third-order valence-electron chi connectivity index (χ3n) is 2.60. The summed E-state index contributed by atoms with van der Waals surface area (Å²) < 4.78 is 37.0. The highest BCUT2D eigenvalue weighted by Crippen LogP contribution is 2.30. The molecule has 0 aromatic heterocycles. The predicted octanol–water partition coefficient (Wildman–Crippen LogP) is 1.95. The molecule has 0 spiro atoms. The molecule has 87 valence electrons. The number of hydrogen-bond acceptors (Lipinski definition) is 1. The van der Waals surface area contributed by atoms with E-state index in [9.17, 15) is 13.2 Å². The molecule has 5 heteroatoms. The van der Waals surface area contributed by atoms with Gasteiger partial charge in [0.1, 0.15) is 0 Å². The fourth-order valence-electron chi connectivity index (χ4n) is 1.72. The fraction of sp³-hybridized carbons (Fsp3) is 0.455. The number of halogens is 3. The van der Waals surface area contributed by atoms with Crippen LogP contribution in [-0.2, 0) is 6.18 Å². The predicted molar refractivity (Wildman–Crippen MR) is 54.1 cm³/mol. The Kier molecular flexibility index (Phi) is 3.16. The SMILES string of the molecule is FC(F)(F)c1ccc(C2CNCC[N]2)cc1. The molecule has 1 fully saturated rings. The molecule has 1 aliphatic rings. The first-order chi connectivity index (χ1) is 7.57. The number of benzene rings is 1. The standard InChI is InChI=1S/C11H12F3N2/c12-11(13,14)9-3-1-8(2-4-9)10-7-15-5-6-16-10/h1-4,10,15H,5-7H2. The van der Waals surface area contributed by atoms with Gasteiger partial charge in [-0.25, -0.2) is 5.32 Å². The van der Waals surface area contributed by atoms with Gasteiger partial charge in [0.25, 0.3) is 0 Å². The van der Waals surface area contributed by atoms with Crippen molar-refractivity contribution in [3.63, 3.8) is 0 Å². The van der Waals surface area contributed by atoms with Crippen molar-refractivity contribution < 1.29 is 13.2 Å². The molecule has 0 saturated carbocycles. The Balaban J connectivity index is 2.12. The van der Waals surface area contributed by atoms with E-state index in [1.165, 1.54) is 12.1 Å². The smallest absolute Gasteiger partial charge is 0.313 e. The number of nitrogens with one attached hydrogen (secondary N) is 1. The zero-order valence-electron chi connectivity index (χ0n) is 8.59. The first-order valence-corrected chi connectivity index (χ1v) is 5.12. The molecule has 1 radical (unpaired) electrons. The maximum atomic E-state index is 12.3. The summed E-state index contributed by atoms with van der Waals surface area (Å²) in [4.78, 5) is 0. The van der Waals surface area contributed by atoms with Crippen molar-refractivity contribution in [1.29, 1.82) is 0 Å². The molecule has 1 N–H and O–H groups in total. The van der Waals surface area contributed by atoms with E-state index >= 15 is 0 Å². The Morgan fingerprint density at radius 1 is 1.19 bits per heavy atom. The first kappa shape index (κ1) is 11.4. The summed E-state index contributed by atoms with van der Waals surface area (Å²) in [5, 5.41) is 7.51. The van der Waals surface area contributed by atoms with Gasteiger partial charge in [-0.1, -0.05) is 12.1 Å². The van der Waals surface area contributed by atoms with Crippen LogP contribution in [0.25, 0.3) is 0 Å². The van der Waals surface area contributed by atoms with Crippen LogP contribution in [0.4, 0.5) is 13.2 Å². The van der Waals surface area contributed by atoms with Gasteiger partial charge in [0.05, 0.1) is 11.6 Å². The van der Waals surface area contributed by atoms with Crippen molar-refractivity contribution in [2.75, 3.05) is 19.6 Å². The van der Waals surface area contributed by atoms with Crippen molar-refractivity contribution in [3.05, 3.63) is 35.4 Å². The van der Waals surface area contributed by atoms with Crippen LogP contribution in [0.3, 0.4) is 0 Å². The van der Waals surface area contributed by atoms with Crippen molar-refractivity contribution in [1.82, 2.24) is 10.6 Å². The molecule has 0 amide bonds. The molecule has 1 heterocycles. The highest BCUT2D eigenvalue weighted by atomic mass is 19.4. The van der Waals surface area contributed by atoms with Gasteiger partial charge in [0, 0.05) is 19.6 Å². The summed E-state index contributed by atoms with van der Waals surface area (Å²) in [6.07, 6.45) is -4.26. The third-order valence-corrected chi connectivity index (χ3v) is 2.60. The number of piperazine rings is 1. The van der Waals surface area contributed by atoms with E-state index in [2.05, 4.69) is 10.6 Å². The molecule has 1 atom stereocenters. The second-order valence-corrected chi connectivity index (χ2v) is 3.75. The lowest BCUT2D eigenvalue weighted by atomic mass is 10.0. The maximum Gasteiger partial charge on any atom is 0.416 e. The molecular formula is C11H12F3N2. The third kappa shape index (κ3) is 2.54. The average Bonchev–Trinajstić information content (AvgIpc) is 2.29. The van der Waals surface area contributed by atoms with Gasteiger partial charge in [-0.2, -0.15) is 13.2 Å². The lowest BCUT2D eigenvalue weighted by Gasteiger charge is -2.23. The summed E-state index contributed by atoms with van der Waals surface area (Å²) in [7, 11) is 0. The number of rotatable bonds is 1. The number of alkyl halides is 3. The van der Waals surface area contributed by atoms with Crippen LogP contribution in [-0.4, -0.2) is 19.6 Å². The molecule has 1 aliphatic heterocycles. The van der Waals surface area contributed by atoms with E-state index < -0.39 is 11.7 Å². The molecule has 1 aromatic carbocycles. The molecular weight excluding hydrogens is 217 g/mol. The Morgan fingerprint density at radius 2 is 1.88 bits per heavy atom. The summed E-state index contributed by atoms with van der Waals surface area (Å²) in [5.41, 5.74) is 0.222. The van der Waals surface area contributed by atoms with E-state index in [1.807, 2.05) is 0 Å². The summed E-state index contributed by atoms with van der Waals surface area (Å²) in [6.45, 7) is 2.26. The minimum Gasteiger partial charge on any atom is -0.313 e. The molecule has 2 rings (SSSR count). The summed E-state index contributed by atoms with van der Waals surface area (Å²) in [6, 6.07) is 5.21. The first-order valence-electron chi connectivity index (χ1n) is 5.12. The number of hydrogen-bond donors (Lipinski definition) is 1. The maximum absolute atomic E-state index is 12.3.